The van der Waals surface area contributed by atoms with Crippen molar-refractivity contribution in [2.45, 2.75) is 32.6 Å². The number of hydrogen-bond acceptors (Lipinski definition) is 6. The lowest BCUT2D eigenvalue weighted by atomic mass is 10.1. The van der Waals surface area contributed by atoms with Gasteiger partial charge in [0.05, 0.1) is 6.04 Å². The van der Waals surface area contributed by atoms with Gasteiger partial charge in [0.1, 0.15) is 6.61 Å². The lowest BCUT2D eigenvalue weighted by Gasteiger charge is -2.36. The van der Waals surface area contributed by atoms with Gasteiger partial charge >= 0.3 is 18.0 Å². The second-order valence-corrected chi connectivity index (χ2v) is 4.87. The molecule has 0 aromatic heterocycles. The Balaban J connectivity index is 1.97. The van der Waals surface area contributed by atoms with Crippen LogP contribution in [0.15, 0.2) is 30.3 Å². The van der Waals surface area contributed by atoms with Gasteiger partial charge in [-0.1, -0.05) is 30.3 Å². The van der Waals surface area contributed by atoms with Crippen molar-refractivity contribution < 1.29 is 28.6 Å². The number of carbonyl (C=O) groups is 3. The topological polar surface area (TPSA) is 82.1 Å². The molecule has 0 unspecified atom stereocenters. The van der Waals surface area contributed by atoms with Crippen molar-refractivity contribution in [1.29, 1.82) is 0 Å². The summed E-state index contributed by atoms with van der Waals surface area (Å²) >= 11 is 0. The standard InChI is InChI=1S/C15H17NO6/c1-10-13(22-11(2)17)14(18)21-9-16(10)15(19)20-8-12-6-4-3-5-7-12/h3-7,10,13H,8-9H2,1-2H3/t10-,13-/m0/s1. The number of hydrogen-bond donors (Lipinski definition) is 0. The van der Waals surface area contributed by atoms with Gasteiger partial charge < -0.3 is 14.2 Å². The number of nitrogens with zero attached hydrogens (tertiary/aromatic N) is 1. The summed E-state index contributed by atoms with van der Waals surface area (Å²) < 4.78 is 14.9. The summed E-state index contributed by atoms with van der Waals surface area (Å²) in [6.07, 6.45) is -1.78. The molecular formula is C15H17NO6. The second kappa shape index (κ2) is 6.93. The molecule has 1 amide bonds. The van der Waals surface area contributed by atoms with E-state index < -0.39 is 30.2 Å². The molecule has 1 saturated heterocycles. The molecule has 7 nitrogen and oxygen atoms in total. The Hall–Kier alpha value is -2.57. The third-order valence-electron chi connectivity index (χ3n) is 3.24. The van der Waals surface area contributed by atoms with Crippen molar-refractivity contribution in [3.63, 3.8) is 0 Å². The molecule has 1 aliphatic heterocycles. The van der Waals surface area contributed by atoms with E-state index in [9.17, 15) is 14.4 Å². The number of amides is 1. The molecule has 0 spiro atoms. The maximum Gasteiger partial charge on any atom is 0.413 e. The van der Waals surface area contributed by atoms with Crippen LogP contribution in [0.3, 0.4) is 0 Å². The lowest BCUT2D eigenvalue weighted by molar-refractivity contribution is -0.185. The molecule has 0 radical (unpaired) electrons. The number of ether oxygens (including phenoxy) is 3. The average Bonchev–Trinajstić information content (AvgIpc) is 2.50. The second-order valence-electron chi connectivity index (χ2n) is 4.87. The zero-order valence-corrected chi connectivity index (χ0v) is 12.4. The van der Waals surface area contributed by atoms with Gasteiger partial charge in [-0.25, -0.2) is 9.59 Å². The number of rotatable bonds is 3. The highest BCUT2D eigenvalue weighted by molar-refractivity contribution is 5.81. The Morgan fingerprint density at radius 1 is 1.32 bits per heavy atom. The predicted octanol–water partition coefficient (Wildman–Crippen LogP) is 1.46. The van der Waals surface area contributed by atoms with Crippen LogP contribution in [0.2, 0.25) is 0 Å². The van der Waals surface area contributed by atoms with E-state index in [0.717, 1.165) is 5.56 Å². The molecule has 0 bridgehead atoms. The number of cyclic esters (lactones) is 1. The summed E-state index contributed by atoms with van der Waals surface area (Å²) in [7, 11) is 0. The first-order valence-electron chi connectivity index (χ1n) is 6.80. The van der Waals surface area contributed by atoms with E-state index in [-0.39, 0.29) is 13.3 Å². The Bertz CT molecular complexity index is 558. The first-order chi connectivity index (χ1) is 10.5. The van der Waals surface area contributed by atoms with E-state index >= 15 is 0 Å². The van der Waals surface area contributed by atoms with Gasteiger partial charge in [0.15, 0.2) is 6.73 Å². The highest BCUT2D eigenvalue weighted by Gasteiger charge is 2.41. The SMILES string of the molecule is CC(=O)O[C@@H]1C(=O)OCN(C(=O)OCc2ccccc2)[C@H]1C. The maximum absolute atomic E-state index is 12.1. The van der Waals surface area contributed by atoms with Crippen LogP contribution < -0.4 is 0 Å². The highest BCUT2D eigenvalue weighted by atomic mass is 16.6. The van der Waals surface area contributed by atoms with Gasteiger partial charge in [-0.2, -0.15) is 0 Å². The summed E-state index contributed by atoms with van der Waals surface area (Å²) in [6.45, 7) is 2.66. The molecule has 1 aromatic carbocycles. The minimum absolute atomic E-state index is 0.106. The summed E-state index contributed by atoms with van der Waals surface area (Å²) in [6, 6.07) is 8.54. The van der Waals surface area contributed by atoms with Crippen molar-refractivity contribution in [3.05, 3.63) is 35.9 Å². The number of esters is 2. The predicted molar refractivity (Wildman–Crippen MR) is 74.4 cm³/mol. The van der Waals surface area contributed by atoms with E-state index in [0.29, 0.717) is 0 Å². The van der Waals surface area contributed by atoms with Crippen molar-refractivity contribution >= 4 is 18.0 Å². The quantitative estimate of drug-likeness (QED) is 0.621. The number of carbonyl (C=O) groups excluding carboxylic acids is 3. The maximum atomic E-state index is 12.1. The fourth-order valence-electron chi connectivity index (χ4n) is 2.04. The van der Waals surface area contributed by atoms with E-state index in [1.807, 2.05) is 30.3 Å². The molecule has 1 fully saturated rings. The average molecular weight is 307 g/mol. The van der Waals surface area contributed by atoms with Gasteiger partial charge in [-0.3, -0.25) is 9.69 Å². The Morgan fingerprint density at radius 2 is 2.00 bits per heavy atom. The molecule has 0 saturated carbocycles. The Kier molecular flexibility index (Phi) is 4.98. The van der Waals surface area contributed by atoms with E-state index in [1.54, 1.807) is 6.92 Å². The molecule has 2 rings (SSSR count). The number of benzene rings is 1. The minimum Gasteiger partial charge on any atom is -0.448 e. The van der Waals surface area contributed by atoms with Crippen molar-refractivity contribution in [2.24, 2.45) is 0 Å². The monoisotopic (exact) mass is 307 g/mol. The lowest BCUT2D eigenvalue weighted by Crippen LogP contribution is -2.56. The summed E-state index contributed by atoms with van der Waals surface area (Å²) in [5, 5.41) is 0. The molecule has 1 aromatic rings. The summed E-state index contributed by atoms with van der Waals surface area (Å²) in [4.78, 5) is 35.9. The van der Waals surface area contributed by atoms with Crippen LogP contribution in [0.5, 0.6) is 0 Å². The van der Waals surface area contributed by atoms with Crippen LogP contribution in [0.1, 0.15) is 19.4 Å². The highest BCUT2D eigenvalue weighted by Crippen LogP contribution is 2.18. The van der Waals surface area contributed by atoms with Gasteiger partial charge in [0, 0.05) is 6.92 Å². The largest absolute Gasteiger partial charge is 0.448 e. The van der Waals surface area contributed by atoms with Crippen LogP contribution in [0.4, 0.5) is 4.79 Å². The zero-order valence-electron chi connectivity index (χ0n) is 12.4. The Labute approximate surface area is 127 Å². The normalized spacial score (nSPS) is 21.0. The fraction of sp³-hybridized carbons (Fsp3) is 0.400. The molecule has 1 aliphatic rings. The first-order valence-corrected chi connectivity index (χ1v) is 6.80. The van der Waals surface area contributed by atoms with Crippen LogP contribution >= 0.6 is 0 Å². The van der Waals surface area contributed by atoms with Crippen LogP contribution in [-0.4, -0.2) is 41.8 Å². The molecule has 0 N–H and O–H groups in total. The summed E-state index contributed by atoms with van der Waals surface area (Å²) in [5.41, 5.74) is 0.842. The van der Waals surface area contributed by atoms with Crippen LogP contribution in [-0.2, 0) is 30.4 Å². The fourth-order valence-corrected chi connectivity index (χ4v) is 2.04. The van der Waals surface area contributed by atoms with Gasteiger partial charge in [-0.15, -0.1) is 0 Å². The van der Waals surface area contributed by atoms with E-state index in [4.69, 9.17) is 14.2 Å². The van der Waals surface area contributed by atoms with Crippen molar-refractivity contribution in [1.82, 2.24) is 4.90 Å². The molecule has 1 heterocycles. The van der Waals surface area contributed by atoms with Gasteiger partial charge in [0.25, 0.3) is 0 Å². The van der Waals surface area contributed by atoms with Gasteiger partial charge in [-0.05, 0) is 12.5 Å². The molecular weight excluding hydrogens is 290 g/mol. The molecule has 0 aliphatic carbocycles. The molecule has 2 atom stereocenters. The molecule has 7 heteroatoms. The Morgan fingerprint density at radius 3 is 2.64 bits per heavy atom. The van der Waals surface area contributed by atoms with Crippen molar-refractivity contribution in [3.8, 4) is 0 Å². The zero-order chi connectivity index (χ0) is 16.1. The van der Waals surface area contributed by atoms with Crippen molar-refractivity contribution in [2.75, 3.05) is 6.73 Å². The summed E-state index contributed by atoms with van der Waals surface area (Å²) in [5.74, 6) is -1.29. The first kappa shape index (κ1) is 15.8. The third-order valence-corrected chi connectivity index (χ3v) is 3.24. The van der Waals surface area contributed by atoms with Crippen LogP contribution in [0.25, 0.3) is 0 Å². The third kappa shape index (κ3) is 3.75. The van der Waals surface area contributed by atoms with Crippen LogP contribution in [0, 0.1) is 0 Å². The molecule has 118 valence electrons. The van der Waals surface area contributed by atoms with E-state index in [2.05, 4.69) is 0 Å². The van der Waals surface area contributed by atoms with Gasteiger partial charge in [0.2, 0.25) is 6.10 Å². The smallest absolute Gasteiger partial charge is 0.413 e. The minimum atomic E-state index is -1.14. The molecule has 22 heavy (non-hydrogen) atoms. The van der Waals surface area contributed by atoms with E-state index in [1.165, 1.54) is 11.8 Å².